The van der Waals surface area contributed by atoms with E-state index in [1.807, 2.05) is 121 Å². The lowest BCUT2D eigenvalue weighted by atomic mass is 10.1. The molecule has 0 spiro atoms. The molecule has 0 unspecified atom stereocenters. The Morgan fingerprint density at radius 3 is 2.05 bits per heavy atom. The number of para-hydroxylation sites is 1. The van der Waals surface area contributed by atoms with E-state index < -0.39 is 0 Å². The van der Waals surface area contributed by atoms with Crippen LogP contribution in [0.3, 0.4) is 0 Å². The molecule has 5 rings (SSSR count). The van der Waals surface area contributed by atoms with E-state index in [4.69, 9.17) is 17.5 Å². The Labute approximate surface area is 268 Å². The summed E-state index contributed by atoms with van der Waals surface area (Å²) in [6, 6.07) is 30.6. The lowest BCUT2D eigenvalue weighted by Gasteiger charge is -2.13. The van der Waals surface area contributed by atoms with Gasteiger partial charge in [0.1, 0.15) is 28.5 Å². The lowest BCUT2D eigenvalue weighted by molar-refractivity contribution is -0.0669. The van der Waals surface area contributed by atoms with Crippen molar-refractivity contribution in [3.8, 4) is 17.2 Å². The molecule has 9 nitrogen and oxygen atoms in total. The summed E-state index contributed by atoms with van der Waals surface area (Å²) in [7, 11) is 1.60. The van der Waals surface area contributed by atoms with E-state index >= 15 is 0 Å². The van der Waals surface area contributed by atoms with Gasteiger partial charge in [0.05, 0.1) is 7.11 Å². The van der Waals surface area contributed by atoms with E-state index in [2.05, 4.69) is 32.7 Å². The molecule has 44 heavy (non-hydrogen) atoms. The van der Waals surface area contributed by atoms with Crippen molar-refractivity contribution in [1.82, 2.24) is 5.64 Å². The molecule has 10 heteroatoms. The molecule has 0 amide bonds. The van der Waals surface area contributed by atoms with Gasteiger partial charge >= 0.3 is 0 Å². The molecular formula is C34H28IN5O4. The van der Waals surface area contributed by atoms with Crippen molar-refractivity contribution in [1.29, 1.82) is 0 Å². The minimum Gasteiger partial charge on any atom is -0.494 e. The predicted molar refractivity (Wildman–Crippen MR) is 181 cm³/mol. The Kier molecular flexibility index (Phi) is 10.3. The van der Waals surface area contributed by atoms with Crippen LogP contribution in [-0.4, -0.2) is 7.11 Å². The molecule has 220 valence electrons. The van der Waals surface area contributed by atoms with E-state index in [9.17, 15) is 0 Å². The summed E-state index contributed by atoms with van der Waals surface area (Å²) in [5, 5.41) is 21.7. The summed E-state index contributed by atoms with van der Waals surface area (Å²) in [5.74, 6) is 1.91. The van der Waals surface area contributed by atoms with Crippen LogP contribution in [0.4, 0.5) is 17.1 Å². The van der Waals surface area contributed by atoms with Crippen LogP contribution in [0.15, 0.2) is 154 Å². The number of ether oxygens (including phenoxy) is 1. The van der Waals surface area contributed by atoms with Crippen LogP contribution in [0.25, 0.3) is 21.5 Å². The van der Waals surface area contributed by atoms with E-state index in [1.54, 1.807) is 31.4 Å². The molecule has 5 aromatic rings. The Bertz CT molecular complexity index is 1920. The fraction of sp³-hybridized carbons (Fsp3) is 0.0588. The van der Waals surface area contributed by atoms with Crippen LogP contribution < -0.4 is 18.3 Å². The number of nitrogens with one attached hydrogen (secondary N) is 1. The highest BCUT2D eigenvalue weighted by atomic mass is 127. The van der Waals surface area contributed by atoms with E-state index in [1.165, 1.54) is 0 Å². The first-order chi connectivity index (χ1) is 21.7. The third-order valence-corrected chi connectivity index (χ3v) is 6.98. The minimum atomic E-state index is 0.322. The fourth-order valence-electron chi connectivity index (χ4n) is 4.37. The molecule has 0 bridgehead atoms. The SMILES string of the molecule is C=C/C=C(ONOc1ccc2ccccc2c1N=Nc1ccccc1OI)\C(=C/C)N=Nc1c(OC)ccc2ccccc12. The Hall–Kier alpha value is -5.07. The first kappa shape index (κ1) is 30.4. The van der Waals surface area contributed by atoms with Gasteiger partial charge in [-0.15, -0.1) is 20.5 Å². The molecule has 1 N–H and O–H groups in total. The summed E-state index contributed by atoms with van der Waals surface area (Å²) in [4.78, 5) is 11.7. The van der Waals surface area contributed by atoms with Crippen molar-refractivity contribution < 1.29 is 17.5 Å². The first-order valence-electron chi connectivity index (χ1n) is 13.5. The summed E-state index contributed by atoms with van der Waals surface area (Å²) in [5.41, 5.74) is 4.69. The zero-order chi connectivity index (χ0) is 30.7. The molecular weight excluding hydrogens is 669 g/mol. The lowest BCUT2D eigenvalue weighted by Crippen LogP contribution is -2.19. The number of methoxy groups -OCH3 is 1. The van der Waals surface area contributed by atoms with Gasteiger partial charge in [-0.2, -0.15) is 0 Å². The van der Waals surface area contributed by atoms with Crippen LogP contribution in [0.5, 0.6) is 17.2 Å². The smallest absolute Gasteiger partial charge is 0.192 e. The predicted octanol–water partition coefficient (Wildman–Crippen LogP) is 10.7. The molecule has 0 fully saturated rings. The number of hydrogen-bond acceptors (Lipinski definition) is 9. The van der Waals surface area contributed by atoms with Crippen LogP contribution in [-0.2, 0) is 4.84 Å². The van der Waals surface area contributed by atoms with Crippen LogP contribution in [0.1, 0.15) is 6.92 Å². The van der Waals surface area contributed by atoms with Crippen LogP contribution in [0, 0.1) is 0 Å². The van der Waals surface area contributed by atoms with Crippen molar-refractivity contribution in [3.63, 3.8) is 0 Å². The van der Waals surface area contributed by atoms with Gasteiger partial charge in [0.15, 0.2) is 40.3 Å². The minimum absolute atomic E-state index is 0.322. The maximum Gasteiger partial charge on any atom is 0.192 e. The van der Waals surface area contributed by atoms with Gasteiger partial charge in [-0.25, -0.2) is 0 Å². The maximum absolute atomic E-state index is 5.87. The third kappa shape index (κ3) is 6.93. The Morgan fingerprint density at radius 2 is 1.39 bits per heavy atom. The standard InChI is InChI=1S/C34H28IN5O4/c1-4-12-30(27(5-2)36-38-33-25-15-8-6-13-23(25)19-21-31(33)41-3)43-40-44-32-22-20-24-14-7-9-16-26(24)34(32)39-37-28-17-10-11-18-29(28)42-35/h4-22,40H,1H2,2-3H3/b27-5+,30-12+,38-36?,39-37?. The van der Waals surface area contributed by atoms with Crippen molar-refractivity contribution in [3.05, 3.63) is 133 Å². The maximum atomic E-state index is 5.87. The Balaban J connectivity index is 1.39. The van der Waals surface area contributed by atoms with Gasteiger partial charge < -0.3 is 17.5 Å². The fourth-order valence-corrected chi connectivity index (χ4v) is 4.75. The number of azo groups is 2. The van der Waals surface area contributed by atoms with E-state index in [0.717, 1.165) is 21.5 Å². The molecule has 0 aliphatic carbocycles. The number of rotatable bonds is 12. The van der Waals surface area contributed by atoms with E-state index in [0.29, 0.717) is 45.8 Å². The second-order valence-electron chi connectivity index (χ2n) is 9.14. The van der Waals surface area contributed by atoms with E-state index in [-0.39, 0.29) is 0 Å². The Morgan fingerprint density at radius 1 is 0.750 bits per heavy atom. The van der Waals surface area contributed by atoms with Gasteiger partial charge in [0.2, 0.25) is 0 Å². The second-order valence-corrected chi connectivity index (χ2v) is 9.58. The van der Waals surface area contributed by atoms with Crippen molar-refractivity contribution in [2.45, 2.75) is 6.92 Å². The second kappa shape index (κ2) is 14.9. The van der Waals surface area contributed by atoms with Gasteiger partial charge in [-0.3, -0.25) is 0 Å². The van der Waals surface area contributed by atoms with Gasteiger partial charge in [0.25, 0.3) is 0 Å². The molecule has 5 aromatic carbocycles. The number of fused-ring (bicyclic) bond motifs is 2. The van der Waals surface area contributed by atoms with Crippen molar-refractivity contribution >= 4 is 61.6 Å². The van der Waals surface area contributed by atoms with Crippen LogP contribution >= 0.6 is 23.0 Å². The number of halogens is 1. The molecule has 0 atom stereocenters. The average molecular weight is 698 g/mol. The summed E-state index contributed by atoms with van der Waals surface area (Å²) in [6.07, 6.45) is 4.99. The highest BCUT2D eigenvalue weighted by Gasteiger charge is 2.13. The monoisotopic (exact) mass is 697 g/mol. The summed E-state index contributed by atoms with van der Waals surface area (Å²) >= 11 is 1.82. The highest BCUT2D eigenvalue weighted by molar-refractivity contribution is 14.1. The van der Waals surface area contributed by atoms with Crippen molar-refractivity contribution in [2.24, 2.45) is 20.5 Å². The zero-order valence-corrected chi connectivity index (χ0v) is 26.1. The zero-order valence-electron chi connectivity index (χ0n) is 24.0. The third-order valence-electron chi connectivity index (χ3n) is 6.51. The number of nitrogens with zero attached hydrogens (tertiary/aromatic N) is 4. The molecule has 0 saturated carbocycles. The van der Waals surface area contributed by atoms with Gasteiger partial charge in [0, 0.05) is 16.4 Å². The number of hydrogen-bond donors (Lipinski definition) is 1. The number of benzene rings is 5. The molecule has 0 aromatic heterocycles. The summed E-state index contributed by atoms with van der Waals surface area (Å²) < 4.78 is 10.9. The molecule has 0 radical (unpaired) electrons. The number of allylic oxidation sites excluding steroid dienone is 3. The quantitative estimate of drug-likeness (QED) is 0.0460. The van der Waals surface area contributed by atoms with Crippen molar-refractivity contribution in [2.75, 3.05) is 7.11 Å². The normalized spacial score (nSPS) is 12.2. The average Bonchev–Trinajstić information content (AvgIpc) is 3.07. The molecule has 0 aliphatic rings. The molecule has 0 aliphatic heterocycles. The largest absolute Gasteiger partial charge is 0.494 e. The summed E-state index contributed by atoms with van der Waals surface area (Å²) in [6.45, 7) is 5.63. The van der Waals surface area contributed by atoms with Crippen LogP contribution in [0.2, 0.25) is 0 Å². The topological polar surface area (TPSA) is 98.4 Å². The molecule has 0 heterocycles. The van der Waals surface area contributed by atoms with Gasteiger partial charge in [-0.05, 0) is 48.0 Å². The highest BCUT2D eigenvalue weighted by Crippen LogP contribution is 2.39. The molecule has 0 saturated heterocycles. The first-order valence-corrected chi connectivity index (χ1v) is 14.4. The van der Waals surface area contributed by atoms with Gasteiger partial charge in [-0.1, -0.05) is 91.5 Å².